The summed E-state index contributed by atoms with van der Waals surface area (Å²) >= 11 is 0. The van der Waals surface area contributed by atoms with Crippen LogP contribution in [0.4, 0.5) is 0 Å². The van der Waals surface area contributed by atoms with Gasteiger partial charge in [0.25, 0.3) is 0 Å². The van der Waals surface area contributed by atoms with Gasteiger partial charge in [-0.2, -0.15) is 0 Å². The first kappa shape index (κ1) is 15.2. The molecule has 0 fully saturated rings. The predicted octanol–water partition coefficient (Wildman–Crippen LogP) is 4.73. The van der Waals surface area contributed by atoms with Gasteiger partial charge in [0.05, 0.1) is 0 Å². The van der Waals surface area contributed by atoms with Gasteiger partial charge >= 0.3 is 0 Å². The molecule has 1 N–H and O–H groups in total. The van der Waals surface area contributed by atoms with E-state index in [-0.39, 0.29) is 0 Å². The minimum absolute atomic E-state index is 0.516. The molecule has 0 spiro atoms. The largest absolute Gasteiger partial charge is 0.310 e. The molecule has 0 radical (unpaired) electrons. The Kier molecular flexibility index (Phi) is 7.04. The van der Waals surface area contributed by atoms with Crippen LogP contribution in [-0.2, 0) is 6.42 Å². The first-order valence-electron chi connectivity index (χ1n) is 7.49. The van der Waals surface area contributed by atoms with Gasteiger partial charge in [0.2, 0.25) is 0 Å². The van der Waals surface area contributed by atoms with Crippen LogP contribution in [0.1, 0.15) is 64.1 Å². The number of rotatable bonds is 8. The van der Waals surface area contributed by atoms with Crippen LogP contribution in [0, 0.1) is 5.92 Å². The SMILES string of the molecule is CCCNC(CC(C)C)c1cccc(CCC)c1. The average molecular weight is 247 g/mol. The molecule has 0 aromatic heterocycles. The van der Waals surface area contributed by atoms with Gasteiger partial charge in [-0.25, -0.2) is 0 Å². The van der Waals surface area contributed by atoms with Crippen molar-refractivity contribution in [1.29, 1.82) is 0 Å². The number of hydrogen-bond acceptors (Lipinski definition) is 1. The molecular formula is C17H29N. The molecule has 102 valence electrons. The Balaban J connectivity index is 2.78. The number of benzene rings is 1. The van der Waals surface area contributed by atoms with E-state index in [4.69, 9.17) is 0 Å². The highest BCUT2D eigenvalue weighted by molar-refractivity contribution is 5.26. The lowest BCUT2D eigenvalue weighted by Gasteiger charge is -2.21. The predicted molar refractivity (Wildman–Crippen MR) is 80.9 cm³/mol. The van der Waals surface area contributed by atoms with Crippen molar-refractivity contribution in [3.8, 4) is 0 Å². The highest BCUT2D eigenvalue weighted by atomic mass is 14.9. The van der Waals surface area contributed by atoms with Crippen LogP contribution in [0.2, 0.25) is 0 Å². The van der Waals surface area contributed by atoms with Crippen LogP contribution >= 0.6 is 0 Å². The zero-order valence-corrected chi connectivity index (χ0v) is 12.5. The molecule has 0 heterocycles. The van der Waals surface area contributed by atoms with E-state index in [0.29, 0.717) is 6.04 Å². The van der Waals surface area contributed by atoms with Gasteiger partial charge in [0.1, 0.15) is 0 Å². The van der Waals surface area contributed by atoms with E-state index in [2.05, 4.69) is 57.3 Å². The molecule has 1 aromatic carbocycles. The standard InChI is InChI=1S/C17H29N/c1-5-8-15-9-7-10-16(13-15)17(12-14(3)4)18-11-6-2/h7,9-10,13-14,17-18H,5-6,8,11-12H2,1-4H3. The maximum absolute atomic E-state index is 3.69. The lowest BCUT2D eigenvalue weighted by molar-refractivity contribution is 0.430. The minimum atomic E-state index is 0.516. The summed E-state index contributed by atoms with van der Waals surface area (Å²) in [6.45, 7) is 10.2. The molecule has 0 aliphatic rings. The Morgan fingerprint density at radius 1 is 1.11 bits per heavy atom. The highest BCUT2D eigenvalue weighted by Gasteiger charge is 2.12. The summed E-state index contributed by atoms with van der Waals surface area (Å²) in [6.07, 6.45) is 4.83. The summed E-state index contributed by atoms with van der Waals surface area (Å²) in [6, 6.07) is 9.64. The molecule has 1 nitrogen and oxygen atoms in total. The molecule has 0 aliphatic heterocycles. The zero-order valence-electron chi connectivity index (χ0n) is 12.5. The van der Waals surface area contributed by atoms with E-state index in [1.54, 1.807) is 0 Å². The first-order valence-corrected chi connectivity index (χ1v) is 7.49. The summed E-state index contributed by atoms with van der Waals surface area (Å²) in [7, 11) is 0. The fraction of sp³-hybridized carbons (Fsp3) is 0.647. The van der Waals surface area contributed by atoms with Crippen LogP contribution in [0.25, 0.3) is 0 Å². The van der Waals surface area contributed by atoms with Crippen molar-refractivity contribution in [3.05, 3.63) is 35.4 Å². The van der Waals surface area contributed by atoms with Crippen molar-refractivity contribution in [1.82, 2.24) is 5.32 Å². The van der Waals surface area contributed by atoms with Gasteiger partial charge < -0.3 is 5.32 Å². The molecule has 0 amide bonds. The summed E-state index contributed by atoms with van der Waals surface area (Å²) in [5, 5.41) is 3.69. The van der Waals surface area contributed by atoms with E-state index >= 15 is 0 Å². The molecule has 0 saturated carbocycles. The average Bonchev–Trinajstić information content (AvgIpc) is 2.35. The number of hydrogen-bond donors (Lipinski definition) is 1. The van der Waals surface area contributed by atoms with Crippen molar-refractivity contribution in [2.24, 2.45) is 5.92 Å². The third-order valence-electron chi connectivity index (χ3n) is 3.24. The summed E-state index contributed by atoms with van der Waals surface area (Å²) in [4.78, 5) is 0. The maximum atomic E-state index is 3.69. The first-order chi connectivity index (χ1) is 8.67. The minimum Gasteiger partial charge on any atom is -0.310 e. The van der Waals surface area contributed by atoms with Crippen molar-refractivity contribution in [2.45, 2.75) is 59.4 Å². The normalized spacial score (nSPS) is 12.9. The van der Waals surface area contributed by atoms with E-state index in [1.165, 1.54) is 36.8 Å². The Morgan fingerprint density at radius 2 is 1.89 bits per heavy atom. The van der Waals surface area contributed by atoms with Gasteiger partial charge in [0, 0.05) is 6.04 Å². The number of nitrogens with one attached hydrogen (secondary N) is 1. The fourth-order valence-corrected chi connectivity index (χ4v) is 2.38. The lowest BCUT2D eigenvalue weighted by atomic mass is 9.95. The van der Waals surface area contributed by atoms with Crippen LogP contribution in [-0.4, -0.2) is 6.54 Å². The second kappa shape index (κ2) is 8.31. The van der Waals surface area contributed by atoms with Gasteiger partial charge in [-0.3, -0.25) is 0 Å². The second-order valence-electron chi connectivity index (χ2n) is 5.63. The van der Waals surface area contributed by atoms with Gasteiger partial charge in [-0.1, -0.05) is 58.4 Å². The molecule has 0 aliphatic carbocycles. The molecule has 0 bridgehead atoms. The van der Waals surface area contributed by atoms with Crippen molar-refractivity contribution >= 4 is 0 Å². The zero-order chi connectivity index (χ0) is 13.4. The molecule has 1 heteroatoms. The quantitative estimate of drug-likeness (QED) is 0.700. The third-order valence-corrected chi connectivity index (χ3v) is 3.24. The van der Waals surface area contributed by atoms with Crippen molar-refractivity contribution in [2.75, 3.05) is 6.54 Å². The molecule has 18 heavy (non-hydrogen) atoms. The monoisotopic (exact) mass is 247 g/mol. The second-order valence-corrected chi connectivity index (χ2v) is 5.63. The van der Waals surface area contributed by atoms with E-state index in [0.717, 1.165) is 12.5 Å². The molecular weight excluding hydrogens is 218 g/mol. The van der Waals surface area contributed by atoms with E-state index < -0.39 is 0 Å². The Hall–Kier alpha value is -0.820. The van der Waals surface area contributed by atoms with Gasteiger partial charge in [-0.15, -0.1) is 0 Å². The van der Waals surface area contributed by atoms with E-state index in [9.17, 15) is 0 Å². The lowest BCUT2D eigenvalue weighted by Crippen LogP contribution is -2.23. The smallest absolute Gasteiger partial charge is 0.0322 e. The summed E-state index contributed by atoms with van der Waals surface area (Å²) < 4.78 is 0. The Labute approximate surface area is 113 Å². The molecule has 1 atom stereocenters. The van der Waals surface area contributed by atoms with Crippen LogP contribution in [0.15, 0.2) is 24.3 Å². The van der Waals surface area contributed by atoms with Crippen LogP contribution < -0.4 is 5.32 Å². The fourth-order valence-electron chi connectivity index (χ4n) is 2.38. The summed E-state index contributed by atoms with van der Waals surface area (Å²) in [5.74, 6) is 0.731. The van der Waals surface area contributed by atoms with Crippen molar-refractivity contribution < 1.29 is 0 Å². The topological polar surface area (TPSA) is 12.0 Å². The highest BCUT2D eigenvalue weighted by Crippen LogP contribution is 2.22. The maximum Gasteiger partial charge on any atom is 0.0322 e. The summed E-state index contributed by atoms with van der Waals surface area (Å²) in [5.41, 5.74) is 2.94. The van der Waals surface area contributed by atoms with Gasteiger partial charge in [0.15, 0.2) is 0 Å². The molecule has 0 saturated heterocycles. The Bertz CT molecular complexity index is 330. The molecule has 1 rings (SSSR count). The molecule has 1 unspecified atom stereocenters. The van der Waals surface area contributed by atoms with Crippen LogP contribution in [0.3, 0.4) is 0 Å². The third kappa shape index (κ3) is 5.22. The molecule has 1 aromatic rings. The van der Waals surface area contributed by atoms with Crippen LogP contribution in [0.5, 0.6) is 0 Å². The van der Waals surface area contributed by atoms with Gasteiger partial charge in [-0.05, 0) is 42.9 Å². The Morgan fingerprint density at radius 3 is 2.50 bits per heavy atom. The van der Waals surface area contributed by atoms with Crippen molar-refractivity contribution in [3.63, 3.8) is 0 Å². The van der Waals surface area contributed by atoms with E-state index in [1.807, 2.05) is 0 Å². The number of aryl methyl sites for hydroxylation is 1.